The molecule has 5 rings (SSSR count). The van der Waals surface area contributed by atoms with Crippen LogP contribution in [-0.4, -0.2) is 40.7 Å². The van der Waals surface area contributed by atoms with Crippen molar-refractivity contribution in [3.05, 3.63) is 94.4 Å². The summed E-state index contributed by atoms with van der Waals surface area (Å²) in [6, 6.07) is 19.8. The van der Waals surface area contributed by atoms with Gasteiger partial charge in [-0.15, -0.1) is 0 Å². The van der Waals surface area contributed by atoms with E-state index in [2.05, 4.69) is 10.4 Å². The molecule has 9 nitrogen and oxygen atoms in total. The lowest BCUT2D eigenvalue weighted by Gasteiger charge is -2.18. The van der Waals surface area contributed by atoms with E-state index in [-0.39, 0.29) is 29.3 Å². The Morgan fingerprint density at radius 2 is 1.71 bits per heavy atom. The lowest BCUT2D eigenvalue weighted by Crippen LogP contribution is -2.26. The topological polar surface area (TPSA) is 117 Å². The molecule has 0 radical (unpaired) electrons. The maximum atomic E-state index is 12.9. The summed E-state index contributed by atoms with van der Waals surface area (Å²) < 4.78 is 11.7. The summed E-state index contributed by atoms with van der Waals surface area (Å²) >= 11 is 0. The van der Waals surface area contributed by atoms with Crippen LogP contribution >= 0.6 is 0 Å². The van der Waals surface area contributed by atoms with Crippen LogP contribution in [0.25, 0.3) is 16.5 Å². The number of nitrogens with zero attached hydrogens (tertiary/aromatic N) is 2. The van der Waals surface area contributed by atoms with Gasteiger partial charge in [-0.1, -0.05) is 36.4 Å². The minimum atomic E-state index is -0.844. The molecule has 34 heavy (non-hydrogen) atoms. The maximum absolute atomic E-state index is 12.9. The smallest absolute Gasteiger partial charge is 0.359 e. The molecule has 1 aliphatic heterocycles. The Labute approximate surface area is 192 Å². The molecule has 4 aromatic rings. The number of ketones is 1. The molecule has 9 heteroatoms. The molecule has 0 saturated carbocycles. The van der Waals surface area contributed by atoms with Gasteiger partial charge in [-0.25, -0.2) is 4.79 Å². The summed E-state index contributed by atoms with van der Waals surface area (Å²) in [5.74, 6) is -1.19. The molecule has 0 aliphatic carbocycles. The fourth-order valence-corrected chi connectivity index (χ4v) is 3.62. The molecule has 1 amide bonds. The van der Waals surface area contributed by atoms with Gasteiger partial charge in [0.05, 0.1) is 16.8 Å². The first kappa shape index (κ1) is 21.1. The number of carbonyl (C=O) groups is 3. The van der Waals surface area contributed by atoms with Crippen LogP contribution in [0, 0.1) is 0 Å². The second kappa shape index (κ2) is 8.62. The summed E-state index contributed by atoms with van der Waals surface area (Å²) in [6.45, 7) is -0.642. The third-order valence-corrected chi connectivity index (χ3v) is 5.27. The van der Waals surface area contributed by atoms with Gasteiger partial charge < -0.3 is 14.8 Å². The lowest BCUT2D eigenvalue weighted by molar-refractivity contribution is -0.118. The molecule has 0 atom stereocenters. The second-order valence-corrected chi connectivity index (χ2v) is 7.49. The third kappa shape index (κ3) is 3.90. The highest BCUT2D eigenvalue weighted by atomic mass is 16.5. The number of rotatable bonds is 5. The van der Waals surface area contributed by atoms with Gasteiger partial charge in [0, 0.05) is 10.9 Å². The number of anilines is 1. The predicted molar refractivity (Wildman–Crippen MR) is 123 cm³/mol. The standard InChI is InChI=1S/C25H17N3O6/c29-20(15-10-11-21-19(12-15)26-22(30)14-33-21)13-34-25(32)23-17-8-4-5-9-18(17)24(31)28(27-23)16-6-2-1-3-7-16/h1-12H,13-14H2,(H,26,30). The maximum Gasteiger partial charge on any atom is 0.359 e. The number of fused-ring (bicyclic) bond motifs is 2. The zero-order valence-corrected chi connectivity index (χ0v) is 17.7. The van der Waals surface area contributed by atoms with Gasteiger partial charge >= 0.3 is 5.97 Å². The monoisotopic (exact) mass is 455 g/mol. The van der Waals surface area contributed by atoms with Gasteiger partial charge in [-0.05, 0) is 36.4 Å². The fourth-order valence-electron chi connectivity index (χ4n) is 3.62. The van der Waals surface area contributed by atoms with E-state index in [1.807, 2.05) is 0 Å². The third-order valence-electron chi connectivity index (χ3n) is 5.27. The molecule has 168 valence electrons. The average molecular weight is 455 g/mol. The molecule has 0 bridgehead atoms. The van der Waals surface area contributed by atoms with Crippen LogP contribution in [-0.2, 0) is 9.53 Å². The summed E-state index contributed by atoms with van der Waals surface area (Å²) in [4.78, 5) is 50.1. The molecule has 0 unspecified atom stereocenters. The van der Waals surface area contributed by atoms with Crippen LogP contribution in [0.3, 0.4) is 0 Å². The highest BCUT2D eigenvalue weighted by Crippen LogP contribution is 2.28. The van der Waals surface area contributed by atoms with Crippen LogP contribution < -0.4 is 15.6 Å². The highest BCUT2D eigenvalue weighted by molar-refractivity contribution is 6.05. The van der Waals surface area contributed by atoms with Crippen LogP contribution in [0.15, 0.2) is 77.6 Å². The molecule has 3 aromatic carbocycles. The number of aromatic nitrogens is 2. The number of para-hydroxylation sites is 1. The number of hydrogen-bond donors (Lipinski definition) is 1. The van der Waals surface area contributed by atoms with E-state index in [4.69, 9.17) is 9.47 Å². The van der Waals surface area contributed by atoms with Crippen LogP contribution in [0.5, 0.6) is 5.75 Å². The number of carbonyl (C=O) groups excluding carboxylic acids is 3. The Morgan fingerprint density at radius 3 is 2.50 bits per heavy atom. The van der Waals surface area contributed by atoms with E-state index < -0.39 is 18.4 Å². The number of benzene rings is 3. The predicted octanol–water partition coefficient (Wildman–Crippen LogP) is 2.76. The summed E-state index contributed by atoms with van der Waals surface area (Å²) in [5, 5.41) is 7.49. The average Bonchev–Trinajstić information content (AvgIpc) is 2.87. The number of esters is 1. The first-order valence-corrected chi connectivity index (χ1v) is 10.4. The number of hydrogen-bond acceptors (Lipinski definition) is 7. The quantitative estimate of drug-likeness (QED) is 0.363. The summed E-state index contributed by atoms with van der Waals surface area (Å²) in [7, 11) is 0. The van der Waals surface area contributed by atoms with Gasteiger partial charge in [0.25, 0.3) is 11.5 Å². The highest BCUT2D eigenvalue weighted by Gasteiger charge is 2.21. The van der Waals surface area contributed by atoms with Crippen LogP contribution in [0.4, 0.5) is 5.69 Å². The van der Waals surface area contributed by atoms with Crippen molar-refractivity contribution in [2.45, 2.75) is 0 Å². The lowest BCUT2D eigenvalue weighted by atomic mass is 10.1. The van der Waals surface area contributed by atoms with Crippen molar-refractivity contribution < 1.29 is 23.9 Å². The van der Waals surface area contributed by atoms with Crippen molar-refractivity contribution in [2.75, 3.05) is 18.5 Å². The van der Waals surface area contributed by atoms with Crippen LogP contribution in [0.2, 0.25) is 0 Å². The molecular weight excluding hydrogens is 438 g/mol. The van der Waals surface area contributed by atoms with E-state index in [9.17, 15) is 19.2 Å². The molecule has 1 N–H and O–H groups in total. The van der Waals surface area contributed by atoms with Crippen molar-refractivity contribution in [3.8, 4) is 11.4 Å². The summed E-state index contributed by atoms with van der Waals surface area (Å²) in [6.07, 6.45) is 0. The molecule has 1 aliphatic rings. The van der Waals surface area contributed by atoms with Crippen molar-refractivity contribution in [1.82, 2.24) is 9.78 Å². The largest absolute Gasteiger partial charge is 0.482 e. The zero-order chi connectivity index (χ0) is 23.7. The molecule has 0 fully saturated rings. The van der Waals surface area contributed by atoms with Crippen molar-refractivity contribution in [2.24, 2.45) is 0 Å². The van der Waals surface area contributed by atoms with Gasteiger partial charge in [0.2, 0.25) is 0 Å². The fraction of sp³-hybridized carbons (Fsp3) is 0.0800. The van der Waals surface area contributed by atoms with Crippen LogP contribution in [0.1, 0.15) is 20.8 Å². The molecular formula is C25H17N3O6. The van der Waals surface area contributed by atoms with Gasteiger partial charge in [0.1, 0.15) is 5.75 Å². The van der Waals surface area contributed by atoms with Crippen molar-refractivity contribution >= 4 is 34.1 Å². The zero-order valence-electron chi connectivity index (χ0n) is 17.7. The van der Waals surface area contributed by atoms with Gasteiger partial charge in [-0.3, -0.25) is 14.4 Å². The van der Waals surface area contributed by atoms with Crippen molar-refractivity contribution in [1.29, 1.82) is 0 Å². The van der Waals surface area contributed by atoms with Crippen molar-refractivity contribution in [3.63, 3.8) is 0 Å². The van der Waals surface area contributed by atoms with Gasteiger partial charge in [-0.2, -0.15) is 9.78 Å². The second-order valence-electron chi connectivity index (χ2n) is 7.49. The number of nitrogens with one attached hydrogen (secondary N) is 1. The molecule has 0 saturated heterocycles. The Balaban J connectivity index is 1.42. The Morgan fingerprint density at radius 1 is 0.971 bits per heavy atom. The minimum absolute atomic E-state index is 0.0852. The Bertz CT molecular complexity index is 1510. The van der Waals surface area contributed by atoms with E-state index >= 15 is 0 Å². The minimum Gasteiger partial charge on any atom is -0.482 e. The summed E-state index contributed by atoms with van der Waals surface area (Å²) in [5.41, 5.74) is 0.632. The molecule has 2 heterocycles. The Hall–Kier alpha value is -4.79. The molecule has 0 spiro atoms. The van der Waals surface area contributed by atoms with Gasteiger partial charge in [0.15, 0.2) is 24.7 Å². The van der Waals surface area contributed by atoms with E-state index in [1.165, 1.54) is 12.1 Å². The van der Waals surface area contributed by atoms with E-state index in [1.54, 1.807) is 60.7 Å². The first-order chi connectivity index (χ1) is 16.5. The van der Waals surface area contributed by atoms with E-state index in [0.29, 0.717) is 27.9 Å². The SMILES string of the molecule is O=C1COc2ccc(C(=O)COC(=O)c3nn(-c4ccccc4)c(=O)c4ccccc34)cc2N1. The number of ether oxygens (including phenoxy) is 2. The molecule has 1 aromatic heterocycles. The normalized spacial score (nSPS) is 12.4. The number of amides is 1. The Kier molecular flexibility index (Phi) is 5.35. The number of Topliss-reactive ketones (excluding diaryl/α,β-unsaturated/α-hetero) is 1. The van der Waals surface area contributed by atoms with E-state index in [0.717, 1.165) is 4.68 Å². The first-order valence-electron chi connectivity index (χ1n) is 10.4.